The molecule has 0 saturated heterocycles. The van der Waals surface area contributed by atoms with E-state index in [4.69, 9.17) is 23.2 Å². The standard InChI is InChI=1S/C13H18Cl2N2O/c1-13(2,3)17-11(18)7-8-16-12-9(14)5-4-6-10(12)15/h4-6,16H,7-8H2,1-3H3,(H,17,18). The van der Waals surface area contributed by atoms with Gasteiger partial charge in [0.25, 0.3) is 0 Å². The SMILES string of the molecule is CC(C)(C)NC(=O)CCNc1c(Cl)cccc1Cl. The molecular formula is C13H18Cl2N2O. The average molecular weight is 289 g/mol. The van der Waals surface area contributed by atoms with Crippen molar-refractivity contribution in [1.29, 1.82) is 0 Å². The van der Waals surface area contributed by atoms with Gasteiger partial charge >= 0.3 is 0 Å². The van der Waals surface area contributed by atoms with E-state index in [9.17, 15) is 4.79 Å². The monoisotopic (exact) mass is 288 g/mol. The Morgan fingerprint density at radius 2 is 1.78 bits per heavy atom. The van der Waals surface area contributed by atoms with Crippen molar-refractivity contribution in [2.24, 2.45) is 0 Å². The highest BCUT2D eigenvalue weighted by atomic mass is 35.5. The second kappa shape index (κ2) is 6.30. The van der Waals surface area contributed by atoms with Gasteiger partial charge in [-0.25, -0.2) is 0 Å². The number of rotatable bonds is 4. The topological polar surface area (TPSA) is 41.1 Å². The normalized spacial score (nSPS) is 11.2. The minimum Gasteiger partial charge on any atom is -0.382 e. The molecule has 3 nitrogen and oxygen atoms in total. The van der Waals surface area contributed by atoms with Crippen LogP contribution in [-0.2, 0) is 4.79 Å². The summed E-state index contributed by atoms with van der Waals surface area (Å²) in [5.74, 6) is -0.00169. The third kappa shape index (κ3) is 5.15. The Labute approximate surface area is 118 Å². The largest absolute Gasteiger partial charge is 0.382 e. The predicted molar refractivity (Wildman–Crippen MR) is 77.5 cm³/mol. The first-order valence-electron chi connectivity index (χ1n) is 5.78. The van der Waals surface area contributed by atoms with Crippen LogP contribution in [0.4, 0.5) is 5.69 Å². The Morgan fingerprint density at radius 1 is 1.22 bits per heavy atom. The summed E-state index contributed by atoms with van der Waals surface area (Å²) in [5.41, 5.74) is 0.462. The van der Waals surface area contributed by atoms with Gasteiger partial charge in [-0.05, 0) is 32.9 Å². The number of nitrogens with one attached hydrogen (secondary N) is 2. The van der Waals surface area contributed by atoms with Crippen LogP contribution in [0.1, 0.15) is 27.2 Å². The van der Waals surface area contributed by atoms with E-state index in [1.165, 1.54) is 0 Å². The van der Waals surface area contributed by atoms with Crippen LogP contribution in [0.5, 0.6) is 0 Å². The van der Waals surface area contributed by atoms with Crippen LogP contribution in [0.3, 0.4) is 0 Å². The average Bonchev–Trinajstić information content (AvgIpc) is 2.19. The quantitative estimate of drug-likeness (QED) is 0.887. The van der Waals surface area contributed by atoms with E-state index in [-0.39, 0.29) is 11.4 Å². The number of halogens is 2. The number of carbonyl (C=O) groups excluding carboxylic acids is 1. The molecule has 5 heteroatoms. The van der Waals surface area contributed by atoms with Gasteiger partial charge in [0.2, 0.25) is 5.91 Å². The minimum atomic E-state index is -0.209. The first kappa shape index (κ1) is 15.1. The van der Waals surface area contributed by atoms with Gasteiger partial charge in [0.05, 0.1) is 15.7 Å². The zero-order valence-corrected chi connectivity index (χ0v) is 12.3. The molecular weight excluding hydrogens is 271 g/mol. The number of amides is 1. The molecule has 0 unspecified atom stereocenters. The molecule has 0 bridgehead atoms. The van der Waals surface area contributed by atoms with E-state index in [1.807, 2.05) is 20.8 Å². The Bertz CT molecular complexity index is 407. The van der Waals surface area contributed by atoms with Crippen LogP contribution in [0.15, 0.2) is 18.2 Å². The summed E-state index contributed by atoms with van der Waals surface area (Å²) in [5, 5.41) is 7.07. The van der Waals surface area contributed by atoms with E-state index in [2.05, 4.69) is 10.6 Å². The van der Waals surface area contributed by atoms with Crippen LogP contribution >= 0.6 is 23.2 Å². The lowest BCUT2D eigenvalue weighted by Crippen LogP contribution is -2.41. The molecule has 0 aliphatic carbocycles. The third-order valence-corrected chi connectivity index (χ3v) is 2.76. The summed E-state index contributed by atoms with van der Waals surface area (Å²) < 4.78 is 0. The fourth-order valence-corrected chi connectivity index (χ4v) is 1.98. The predicted octanol–water partition coefficient (Wildman–Crippen LogP) is 3.71. The van der Waals surface area contributed by atoms with E-state index >= 15 is 0 Å². The molecule has 0 radical (unpaired) electrons. The van der Waals surface area contributed by atoms with Crippen LogP contribution in [-0.4, -0.2) is 18.0 Å². The summed E-state index contributed by atoms with van der Waals surface area (Å²) in [6.07, 6.45) is 0.374. The smallest absolute Gasteiger partial charge is 0.222 e. The highest BCUT2D eigenvalue weighted by molar-refractivity contribution is 6.39. The Hall–Kier alpha value is -0.930. The maximum Gasteiger partial charge on any atom is 0.222 e. The molecule has 0 aliphatic rings. The molecule has 0 saturated carbocycles. The Balaban J connectivity index is 2.45. The van der Waals surface area contributed by atoms with Crippen LogP contribution in [0, 0.1) is 0 Å². The summed E-state index contributed by atoms with van der Waals surface area (Å²) in [6.45, 7) is 6.33. The molecule has 1 aromatic carbocycles. The lowest BCUT2D eigenvalue weighted by atomic mass is 10.1. The van der Waals surface area contributed by atoms with Gasteiger partial charge in [0.1, 0.15) is 0 Å². The first-order valence-corrected chi connectivity index (χ1v) is 6.54. The number of benzene rings is 1. The van der Waals surface area contributed by atoms with Gasteiger partial charge in [-0.1, -0.05) is 29.3 Å². The maximum atomic E-state index is 11.6. The van der Waals surface area contributed by atoms with Gasteiger partial charge in [0, 0.05) is 18.5 Å². The fraction of sp³-hybridized carbons (Fsp3) is 0.462. The van der Waals surface area contributed by atoms with Crippen molar-refractivity contribution in [2.45, 2.75) is 32.7 Å². The lowest BCUT2D eigenvalue weighted by molar-refractivity contribution is -0.122. The fourth-order valence-electron chi connectivity index (χ4n) is 1.45. The molecule has 1 rings (SSSR count). The summed E-state index contributed by atoms with van der Waals surface area (Å²) in [7, 11) is 0. The molecule has 18 heavy (non-hydrogen) atoms. The number of carbonyl (C=O) groups is 1. The van der Waals surface area contributed by atoms with Gasteiger partial charge in [-0.15, -0.1) is 0 Å². The van der Waals surface area contributed by atoms with Crippen molar-refractivity contribution in [3.63, 3.8) is 0 Å². The second-order valence-corrected chi connectivity index (χ2v) is 5.89. The molecule has 2 N–H and O–H groups in total. The van der Waals surface area contributed by atoms with E-state index in [0.29, 0.717) is 28.7 Å². The number of hydrogen-bond acceptors (Lipinski definition) is 2. The highest BCUT2D eigenvalue weighted by Gasteiger charge is 2.13. The summed E-state index contributed by atoms with van der Waals surface area (Å²) in [4.78, 5) is 11.6. The van der Waals surface area contributed by atoms with Gasteiger partial charge < -0.3 is 10.6 Å². The molecule has 0 aliphatic heterocycles. The number of para-hydroxylation sites is 1. The number of anilines is 1. The van der Waals surface area contributed by atoms with E-state index < -0.39 is 0 Å². The van der Waals surface area contributed by atoms with Crippen molar-refractivity contribution in [3.8, 4) is 0 Å². The Kier molecular flexibility index (Phi) is 5.29. The molecule has 100 valence electrons. The molecule has 0 fully saturated rings. The second-order valence-electron chi connectivity index (χ2n) is 5.07. The van der Waals surface area contributed by atoms with Crippen molar-refractivity contribution in [1.82, 2.24) is 5.32 Å². The molecule has 1 amide bonds. The zero-order valence-electron chi connectivity index (χ0n) is 10.8. The van der Waals surface area contributed by atoms with Crippen LogP contribution < -0.4 is 10.6 Å². The van der Waals surface area contributed by atoms with Gasteiger partial charge in [-0.2, -0.15) is 0 Å². The Morgan fingerprint density at radius 3 is 2.28 bits per heavy atom. The summed E-state index contributed by atoms with van der Waals surface area (Å²) in [6, 6.07) is 5.29. The highest BCUT2D eigenvalue weighted by Crippen LogP contribution is 2.29. The molecule has 0 heterocycles. The summed E-state index contributed by atoms with van der Waals surface area (Å²) >= 11 is 12.0. The molecule has 0 spiro atoms. The third-order valence-electron chi connectivity index (χ3n) is 2.13. The van der Waals surface area contributed by atoms with Crippen LogP contribution in [0.2, 0.25) is 10.0 Å². The molecule has 0 atom stereocenters. The molecule has 0 aromatic heterocycles. The van der Waals surface area contributed by atoms with Gasteiger partial charge in [0.15, 0.2) is 0 Å². The maximum absolute atomic E-state index is 11.6. The van der Waals surface area contributed by atoms with Gasteiger partial charge in [-0.3, -0.25) is 4.79 Å². The van der Waals surface area contributed by atoms with Crippen molar-refractivity contribution in [2.75, 3.05) is 11.9 Å². The zero-order chi connectivity index (χ0) is 13.8. The van der Waals surface area contributed by atoms with Crippen molar-refractivity contribution in [3.05, 3.63) is 28.2 Å². The van der Waals surface area contributed by atoms with E-state index in [0.717, 1.165) is 0 Å². The van der Waals surface area contributed by atoms with E-state index in [1.54, 1.807) is 18.2 Å². The lowest BCUT2D eigenvalue weighted by Gasteiger charge is -2.20. The van der Waals surface area contributed by atoms with Crippen molar-refractivity contribution >= 4 is 34.8 Å². The van der Waals surface area contributed by atoms with Crippen molar-refractivity contribution < 1.29 is 4.79 Å². The first-order chi connectivity index (χ1) is 8.29. The molecule has 1 aromatic rings. The minimum absolute atomic E-state index is 0.00169. The number of hydrogen-bond donors (Lipinski definition) is 2. The van der Waals surface area contributed by atoms with Crippen LogP contribution in [0.25, 0.3) is 0 Å².